The second-order valence-corrected chi connectivity index (χ2v) is 6.37. The molecule has 2 rings (SSSR count). The number of carbonyl (C=O) groups excluding carboxylic acids is 1. The zero-order chi connectivity index (χ0) is 15.2. The van der Waals surface area contributed by atoms with Gasteiger partial charge in [0.2, 0.25) is 0 Å². The minimum absolute atomic E-state index is 0. The van der Waals surface area contributed by atoms with Crippen molar-refractivity contribution in [3.8, 4) is 0 Å². The maximum absolute atomic E-state index is 12.5. The van der Waals surface area contributed by atoms with E-state index in [0.717, 1.165) is 39.0 Å². The highest BCUT2D eigenvalue weighted by molar-refractivity contribution is 5.92. The number of piperidine rings is 1. The Bertz CT molecular complexity index is 461. The van der Waals surface area contributed by atoms with E-state index in [1.54, 1.807) is 10.9 Å². The number of amides is 1. The summed E-state index contributed by atoms with van der Waals surface area (Å²) in [6.45, 7) is 7.79. The van der Waals surface area contributed by atoms with Gasteiger partial charge in [0, 0.05) is 19.6 Å². The molecule has 0 aromatic carbocycles. The van der Waals surface area contributed by atoms with Gasteiger partial charge >= 0.3 is 0 Å². The Hall–Kier alpha value is -1.14. The quantitative estimate of drug-likeness (QED) is 0.864. The maximum atomic E-state index is 12.5. The third kappa shape index (κ3) is 5.25. The van der Waals surface area contributed by atoms with Crippen molar-refractivity contribution < 1.29 is 4.79 Å². The van der Waals surface area contributed by atoms with Gasteiger partial charge in [0.15, 0.2) is 5.69 Å². The van der Waals surface area contributed by atoms with Crippen molar-refractivity contribution in [2.75, 3.05) is 26.7 Å². The van der Waals surface area contributed by atoms with Gasteiger partial charge < -0.3 is 10.2 Å². The summed E-state index contributed by atoms with van der Waals surface area (Å²) in [6.07, 6.45) is 5.09. The molecule has 1 aliphatic rings. The largest absolute Gasteiger partial charge is 0.337 e. The van der Waals surface area contributed by atoms with E-state index in [0.29, 0.717) is 17.5 Å². The first kappa shape index (κ1) is 18.9. The van der Waals surface area contributed by atoms with Gasteiger partial charge in [-0.15, -0.1) is 17.5 Å². The Morgan fingerprint density at radius 1 is 1.50 bits per heavy atom. The van der Waals surface area contributed by atoms with Gasteiger partial charge in [0.05, 0.1) is 6.20 Å². The lowest BCUT2D eigenvalue weighted by molar-refractivity contribution is 0.0668. The molecular weight excluding hydrogens is 302 g/mol. The first-order chi connectivity index (χ1) is 10.1. The molecule has 1 aromatic rings. The first-order valence-corrected chi connectivity index (χ1v) is 7.94. The highest BCUT2D eigenvalue weighted by Gasteiger charge is 2.25. The molecule has 2 heterocycles. The summed E-state index contributed by atoms with van der Waals surface area (Å²) in [5, 5.41) is 11.3. The van der Waals surface area contributed by atoms with Crippen LogP contribution in [0.2, 0.25) is 0 Å². The SMILES string of the molecule is CNCC1CCCN(C(=O)c2cn(CCC(C)C)nn2)C1.Cl. The van der Waals surface area contributed by atoms with E-state index in [2.05, 4.69) is 29.5 Å². The fourth-order valence-electron chi connectivity index (χ4n) is 2.76. The topological polar surface area (TPSA) is 63.1 Å². The lowest BCUT2D eigenvalue weighted by atomic mass is 9.98. The Morgan fingerprint density at radius 3 is 2.95 bits per heavy atom. The number of nitrogens with zero attached hydrogens (tertiary/aromatic N) is 4. The summed E-state index contributed by atoms with van der Waals surface area (Å²) in [7, 11) is 1.96. The lowest BCUT2D eigenvalue weighted by Crippen LogP contribution is -2.42. The van der Waals surface area contributed by atoms with Gasteiger partial charge in [0.1, 0.15) is 0 Å². The molecule has 22 heavy (non-hydrogen) atoms. The van der Waals surface area contributed by atoms with Gasteiger partial charge in [-0.2, -0.15) is 0 Å². The van der Waals surface area contributed by atoms with Crippen molar-refractivity contribution in [2.45, 2.75) is 39.7 Å². The van der Waals surface area contributed by atoms with Crippen LogP contribution < -0.4 is 5.32 Å². The molecule has 1 amide bonds. The normalized spacial score (nSPS) is 18.4. The maximum Gasteiger partial charge on any atom is 0.276 e. The molecule has 1 fully saturated rings. The van der Waals surface area contributed by atoms with Gasteiger partial charge in [0.25, 0.3) is 5.91 Å². The smallest absolute Gasteiger partial charge is 0.276 e. The molecule has 0 saturated carbocycles. The Balaban J connectivity index is 0.00000242. The number of carbonyl (C=O) groups is 1. The minimum Gasteiger partial charge on any atom is -0.337 e. The van der Waals surface area contributed by atoms with Crippen molar-refractivity contribution in [2.24, 2.45) is 11.8 Å². The molecule has 6 nitrogen and oxygen atoms in total. The number of hydrogen-bond donors (Lipinski definition) is 1. The molecule has 1 aromatic heterocycles. The van der Waals surface area contributed by atoms with E-state index in [-0.39, 0.29) is 18.3 Å². The minimum atomic E-state index is 0. The van der Waals surface area contributed by atoms with Crippen LogP contribution in [0.5, 0.6) is 0 Å². The third-order valence-electron chi connectivity index (χ3n) is 3.99. The second-order valence-electron chi connectivity index (χ2n) is 6.37. The Morgan fingerprint density at radius 2 is 2.27 bits per heavy atom. The average molecular weight is 330 g/mol. The second kappa shape index (κ2) is 9.10. The fourth-order valence-corrected chi connectivity index (χ4v) is 2.76. The number of likely N-dealkylation sites (tertiary alicyclic amines) is 1. The average Bonchev–Trinajstić information content (AvgIpc) is 2.94. The molecule has 1 unspecified atom stereocenters. The highest BCUT2D eigenvalue weighted by Crippen LogP contribution is 2.17. The third-order valence-corrected chi connectivity index (χ3v) is 3.99. The predicted molar refractivity (Wildman–Crippen MR) is 89.3 cm³/mol. The standard InChI is InChI=1S/C15H27N5O.ClH/c1-12(2)6-8-20-11-14(17-18-20)15(21)19-7-4-5-13(10-19)9-16-3;/h11-13,16H,4-10H2,1-3H3;1H. The molecule has 1 saturated heterocycles. The van der Waals surface area contributed by atoms with Gasteiger partial charge in [-0.1, -0.05) is 19.1 Å². The first-order valence-electron chi connectivity index (χ1n) is 7.94. The van der Waals surface area contributed by atoms with Crippen molar-refractivity contribution in [1.29, 1.82) is 0 Å². The zero-order valence-corrected chi connectivity index (χ0v) is 14.6. The lowest BCUT2D eigenvalue weighted by Gasteiger charge is -2.32. The van der Waals surface area contributed by atoms with E-state index < -0.39 is 0 Å². The van der Waals surface area contributed by atoms with Crippen LogP contribution in [0.25, 0.3) is 0 Å². The van der Waals surface area contributed by atoms with Crippen LogP contribution in [0.15, 0.2) is 6.20 Å². The molecule has 1 aliphatic heterocycles. The number of halogens is 1. The van der Waals surface area contributed by atoms with Gasteiger partial charge in [-0.05, 0) is 44.7 Å². The predicted octanol–water partition coefficient (Wildman–Crippen LogP) is 1.82. The van der Waals surface area contributed by atoms with E-state index in [1.807, 2.05) is 11.9 Å². The van der Waals surface area contributed by atoms with E-state index in [9.17, 15) is 4.79 Å². The van der Waals surface area contributed by atoms with Crippen molar-refractivity contribution in [3.63, 3.8) is 0 Å². The molecule has 0 spiro atoms. The summed E-state index contributed by atoms with van der Waals surface area (Å²) >= 11 is 0. The van der Waals surface area contributed by atoms with Crippen LogP contribution in [0.3, 0.4) is 0 Å². The number of aryl methyl sites for hydroxylation is 1. The summed E-state index contributed by atoms with van der Waals surface area (Å²) in [6, 6.07) is 0. The van der Waals surface area contributed by atoms with Crippen LogP contribution >= 0.6 is 12.4 Å². The molecule has 0 radical (unpaired) electrons. The number of nitrogens with one attached hydrogen (secondary N) is 1. The van der Waals surface area contributed by atoms with Crippen LogP contribution in [0.1, 0.15) is 43.6 Å². The van der Waals surface area contributed by atoms with E-state index in [1.165, 1.54) is 6.42 Å². The molecule has 7 heteroatoms. The van der Waals surface area contributed by atoms with Crippen molar-refractivity contribution >= 4 is 18.3 Å². The van der Waals surface area contributed by atoms with Crippen LogP contribution in [-0.4, -0.2) is 52.5 Å². The fraction of sp³-hybridized carbons (Fsp3) is 0.800. The van der Waals surface area contributed by atoms with E-state index in [4.69, 9.17) is 0 Å². The highest BCUT2D eigenvalue weighted by atomic mass is 35.5. The molecular formula is C15H28ClN5O. The van der Waals surface area contributed by atoms with Crippen LogP contribution in [-0.2, 0) is 6.54 Å². The Labute approximate surface area is 139 Å². The molecule has 0 aliphatic carbocycles. The number of rotatable bonds is 6. The monoisotopic (exact) mass is 329 g/mol. The number of hydrogen-bond acceptors (Lipinski definition) is 4. The molecule has 0 bridgehead atoms. The van der Waals surface area contributed by atoms with Gasteiger partial charge in [-0.3, -0.25) is 9.48 Å². The number of aromatic nitrogens is 3. The van der Waals surface area contributed by atoms with Crippen molar-refractivity contribution in [1.82, 2.24) is 25.2 Å². The van der Waals surface area contributed by atoms with Crippen LogP contribution in [0.4, 0.5) is 0 Å². The summed E-state index contributed by atoms with van der Waals surface area (Å²) < 4.78 is 1.78. The molecule has 1 N–H and O–H groups in total. The van der Waals surface area contributed by atoms with E-state index >= 15 is 0 Å². The zero-order valence-electron chi connectivity index (χ0n) is 13.8. The van der Waals surface area contributed by atoms with Crippen molar-refractivity contribution in [3.05, 3.63) is 11.9 Å². The van der Waals surface area contributed by atoms with Gasteiger partial charge in [-0.25, -0.2) is 0 Å². The van der Waals surface area contributed by atoms with Crippen LogP contribution in [0, 0.1) is 11.8 Å². The summed E-state index contributed by atoms with van der Waals surface area (Å²) in [4.78, 5) is 14.4. The molecule has 126 valence electrons. The summed E-state index contributed by atoms with van der Waals surface area (Å²) in [5.74, 6) is 1.19. The Kier molecular flexibility index (Phi) is 7.82. The summed E-state index contributed by atoms with van der Waals surface area (Å²) in [5.41, 5.74) is 0.476. The molecule has 1 atom stereocenters.